The zero-order chi connectivity index (χ0) is 11.4. The number of aromatic nitrogens is 1. The molecular formula is C12H13ClN2S. The third-order valence-corrected chi connectivity index (χ3v) is 3.41. The molecule has 0 aliphatic carbocycles. The van der Waals surface area contributed by atoms with Gasteiger partial charge in [-0.05, 0) is 30.5 Å². The van der Waals surface area contributed by atoms with E-state index in [0.717, 1.165) is 17.9 Å². The van der Waals surface area contributed by atoms with Crippen LogP contribution in [0.4, 0.5) is 0 Å². The van der Waals surface area contributed by atoms with Crippen molar-refractivity contribution in [2.45, 2.75) is 18.9 Å². The molecule has 16 heavy (non-hydrogen) atoms. The highest BCUT2D eigenvalue weighted by Crippen LogP contribution is 2.13. The first-order chi connectivity index (χ1) is 7.74. The van der Waals surface area contributed by atoms with Crippen LogP contribution >= 0.6 is 22.9 Å². The Morgan fingerprint density at radius 1 is 1.25 bits per heavy atom. The molecule has 0 aliphatic heterocycles. The molecule has 0 spiro atoms. The average molecular weight is 253 g/mol. The summed E-state index contributed by atoms with van der Waals surface area (Å²) in [5.41, 5.74) is 9.14. The van der Waals surface area contributed by atoms with E-state index in [1.165, 1.54) is 10.4 Å². The van der Waals surface area contributed by atoms with Gasteiger partial charge >= 0.3 is 0 Å². The summed E-state index contributed by atoms with van der Waals surface area (Å²) in [6.45, 7) is 0. The van der Waals surface area contributed by atoms with Gasteiger partial charge in [0.1, 0.15) is 0 Å². The number of benzene rings is 1. The predicted octanol–water partition coefficient (Wildman–Crippen LogP) is 2.91. The van der Waals surface area contributed by atoms with Gasteiger partial charge in [-0.15, -0.1) is 11.3 Å². The second kappa shape index (κ2) is 5.43. The van der Waals surface area contributed by atoms with Gasteiger partial charge in [0.2, 0.25) is 0 Å². The SMILES string of the molecule is NC(Cc1ccc(Cl)cc1)Cc1cncs1. The van der Waals surface area contributed by atoms with E-state index in [4.69, 9.17) is 17.3 Å². The Labute approximate surface area is 104 Å². The van der Waals surface area contributed by atoms with Crippen LogP contribution in [-0.4, -0.2) is 11.0 Å². The lowest BCUT2D eigenvalue weighted by atomic mass is 10.0. The smallest absolute Gasteiger partial charge is 0.0794 e. The molecule has 2 rings (SSSR count). The van der Waals surface area contributed by atoms with Crippen molar-refractivity contribution in [1.29, 1.82) is 0 Å². The summed E-state index contributed by atoms with van der Waals surface area (Å²) < 4.78 is 0. The highest BCUT2D eigenvalue weighted by molar-refractivity contribution is 7.09. The van der Waals surface area contributed by atoms with Crippen LogP contribution in [0.5, 0.6) is 0 Å². The van der Waals surface area contributed by atoms with Crippen molar-refractivity contribution in [3.05, 3.63) is 51.4 Å². The summed E-state index contributed by atoms with van der Waals surface area (Å²) in [6.07, 6.45) is 3.63. The van der Waals surface area contributed by atoms with E-state index < -0.39 is 0 Å². The molecular weight excluding hydrogens is 240 g/mol. The van der Waals surface area contributed by atoms with E-state index in [1.807, 2.05) is 36.0 Å². The number of thiazole rings is 1. The van der Waals surface area contributed by atoms with Crippen LogP contribution in [0.25, 0.3) is 0 Å². The molecule has 84 valence electrons. The lowest BCUT2D eigenvalue weighted by Crippen LogP contribution is -2.25. The number of nitrogens with zero attached hydrogens (tertiary/aromatic N) is 1. The van der Waals surface area contributed by atoms with Gasteiger partial charge in [0.25, 0.3) is 0 Å². The van der Waals surface area contributed by atoms with Gasteiger partial charge < -0.3 is 5.73 Å². The van der Waals surface area contributed by atoms with Crippen molar-refractivity contribution >= 4 is 22.9 Å². The molecule has 1 atom stereocenters. The average Bonchev–Trinajstić information content (AvgIpc) is 2.74. The number of rotatable bonds is 4. The first-order valence-electron chi connectivity index (χ1n) is 5.11. The Morgan fingerprint density at radius 2 is 2.00 bits per heavy atom. The summed E-state index contributed by atoms with van der Waals surface area (Å²) in [5.74, 6) is 0. The molecule has 2 aromatic rings. The van der Waals surface area contributed by atoms with Crippen molar-refractivity contribution < 1.29 is 0 Å². The van der Waals surface area contributed by atoms with Crippen LogP contribution < -0.4 is 5.73 Å². The first kappa shape index (κ1) is 11.6. The maximum Gasteiger partial charge on any atom is 0.0794 e. The Morgan fingerprint density at radius 3 is 2.62 bits per heavy atom. The largest absolute Gasteiger partial charge is 0.327 e. The van der Waals surface area contributed by atoms with Gasteiger partial charge in [0.05, 0.1) is 5.51 Å². The fourth-order valence-electron chi connectivity index (χ4n) is 1.60. The molecule has 0 radical (unpaired) electrons. The van der Waals surface area contributed by atoms with E-state index in [2.05, 4.69) is 4.98 Å². The fraction of sp³-hybridized carbons (Fsp3) is 0.250. The molecule has 0 amide bonds. The number of hydrogen-bond donors (Lipinski definition) is 1. The van der Waals surface area contributed by atoms with E-state index in [9.17, 15) is 0 Å². The molecule has 2 nitrogen and oxygen atoms in total. The van der Waals surface area contributed by atoms with Crippen molar-refractivity contribution in [2.24, 2.45) is 5.73 Å². The Hall–Kier alpha value is -0.900. The minimum Gasteiger partial charge on any atom is -0.327 e. The number of halogens is 1. The van der Waals surface area contributed by atoms with Gasteiger partial charge in [0.15, 0.2) is 0 Å². The van der Waals surface area contributed by atoms with E-state index in [-0.39, 0.29) is 6.04 Å². The zero-order valence-electron chi connectivity index (χ0n) is 8.77. The molecule has 1 aromatic heterocycles. The molecule has 1 heterocycles. The van der Waals surface area contributed by atoms with Crippen LogP contribution in [0.3, 0.4) is 0 Å². The number of nitrogens with two attached hydrogens (primary N) is 1. The minimum atomic E-state index is 0.140. The topological polar surface area (TPSA) is 38.9 Å². The highest BCUT2D eigenvalue weighted by Gasteiger charge is 2.06. The maximum absolute atomic E-state index is 6.08. The van der Waals surface area contributed by atoms with Gasteiger partial charge in [-0.2, -0.15) is 0 Å². The lowest BCUT2D eigenvalue weighted by molar-refractivity contribution is 0.670. The van der Waals surface area contributed by atoms with Crippen LogP contribution in [0.15, 0.2) is 36.0 Å². The number of hydrogen-bond acceptors (Lipinski definition) is 3. The molecule has 2 N–H and O–H groups in total. The molecule has 0 aliphatic rings. The first-order valence-corrected chi connectivity index (χ1v) is 6.37. The standard InChI is InChI=1S/C12H13ClN2S/c13-10-3-1-9(2-4-10)5-11(14)6-12-7-15-8-16-12/h1-4,7-8,11H,5-6,14H2. The van der Waals surface area contributed by atoms with Crippen molar-refractivity contribution in [3.8, 4) is 0 Å². The monoisotopic (exact) mass is 252 g/mol. The van der Waals surface area contributed by atoms with E-state index in [0.29, 0.717) is 0 Å². The van der Waals surface area contributed by atoms with Crippen molar-refractivity contribution in [3.63, 3.8) is 0 Å². The molecule has 0 saturated carbocycles. The summed E-state index contributed by atoms with van der Waals surface area (Å²) >= 11 is 7.48. The van der Waals surface area contributed by atoms with E-state index in [1.54, 1.807) is 11.3 Å². The molecule has 0 fully saturated rings. The molecule has 4 heteroatoms. The second-order valence-electron chi connectivity index (χ2n) is 3.76. The molecule has 1 unspecified atom stereocenters. The Bertz CT molecular complexity index is 425. The Balaban J connectivity index is 1.92. The fourth-order valence-corrected chi connectivity index (χ4v) is 2.41. The second-order valence-corrected chi connectivity index (χ2v) is 5.17. The van der Waals surface area contributed by atoms with Crippen LogP contribution in [0.2, 0.25) is 5.02 Å². The summed E-state index contributed by atoms with van der Waals surface area (Å²) in [5, 5.41) is 0.764. The summed E-state index contributed by atoms with van der Waals surface area (Å²) in [7, 11) is 0. The minimum absolute atomic E-state index is 0.140. The Kier molecular flexibility index (Phi) is 3.93. The van der Waals surface area contributed by atoms with Crippen LogP contribution in [0.1, 0.15) is 10.4 Å². The summed E-state index contributed by atoms with van der Waals surface area (Å²) in [4.78, 5) is 5.28. The van der Waals surface area contributed by atoms with Crippen molar-refractivity contribution in [1.82, 2.24) is 4.98 Å². The molecule has 1 aromatic carbocycles. The third-order valence-electron chi connectivity index (χ3n) is 2.36. The van der Waals surface area contributed by atoms with Gasteiger partial charge in [-0.25, -0.2) is 0 Å². The third kappa shape index (κ3) is 3.30. The molecule has 0 bridgehead atoms. The summed E-state index contributed by atoms with van der Waals surface area (Å²) in [6, 6.07) is 7.98. The normalized spacial score (nSPS) is 12.6. The maximum atomic E-state index is 6.08. The van der Waals surface area contributed by atoms with E-state index >= 15 is 0 Å². The van der Waals surface area contributed by atoms with Gasteiger partial charge in [-0.1, -0.05) is 23.7 Å². The zero-order valence-corrected chi connectivity index (χ0v) is 10.3. The lowest BCUT2D eigenvalue weighted by Gasteiger charge is -2.10. The quantitative estimate of drug-likeness (QED) is 0.909. The van der Waals surface area contributed by atoms with Gasteiger partial charge in [0, 0.05) is 22.1 Å². The highest BCUT2D eigenvalue weighted by atomic mass is 35.5. The predicted molar refractivity (Wildman–Crippen MR) is 68.9 cm³/mol. The molecule has 0 saturated heterocycles. The van der Waals surface area contributed by atoms with Crippen LogP contribution in [-0.2, 0) is 12.8 Å². The van der Waals surface area contributed by atoms with Gasteiger partial charge in [-0.3, -0.25) is 4.98 Å². The van der Waals surface area contributed by atoms with Crippen molar-refractivity contribution in [2.75, 3.05) is 0 Å². The van der Waals surface area contributed by atoms with Crippen LogP contribution in [0, 0.1) is 0 Å².